The van der Waals surface area contributed by atoms with E-state index in [1.807, 2.05) is 11.8 Å². The van der Waals surface area contributed by atoms with Crippen LogP contribution < -0.4 is 5.32 Å². The summed E-state index contributed by atoms with van der Waals surface area (Å²) in [5.74, 6) is 0.853. The fourth-order valence-corrected chi connectivity index (χ4v) is 2.32. The Morgan fingerprint density at radius 3 is 2.54 bits per heavy atom. The van der Waals surface area contributed by atoms with Gasteiger partial charge in [-0.3, -0.25) is 0 Å². The Balaban J connectivity index is 3.63. The fraction of sp³-hybridized carbons (Fsp3) is 1.00. The molecule has 0 heterocycles. The first-order chi connectivity index (χ1) is 6.26. The minimum Gasteiger partial charge on any atom is -0.396 e. The smallest absolute Gasteiger partial charge is 0.0521 e. The fourth-order valence-electron chi connectivity index (χ4n) is 1.33. The summed E-state index contributed by atoms with van der Waals surface area (Å²) in [6.07, 6.45) is 2.35. The molecule has 0 saturated heterocycles. The van der Waals surface area contributed by atoms with Crippen LogP contribution in [0.1, 0.15) is 33.6 Å². The van der Waals surface area contributed by atoms with E-state index in [-0.39, 0.29) is 0 Å². The first-order valence-corrected chi connectivity index (χ1v) is 6.26. The van der Waals surface area contributed by atoms with E-state index in [9.17, 15) is 0 Å². The lowest BCUT2D eigenvalue weighted by Crippen LogP contribution is -2.36. The summed E-state index contributed by atoms with van der Waals surface area (Å²) in [6.45, 7) is 8.02. The molecule has 0 aliphatic carbocycles. The molecule has 0 aromatic heterocycles. The van der Waals surface area contributed by atoms with E-state index < -0.39 is 0 Å². The Morgan fingerprint density at radius 1 is 1.38 bits per heavy atom. The van der Waals surface area contributed by atoms with Crippen molar-refractivity contribution in [2.75, 3.05) is 18.9 Å². The van der Waals surface area contributed by atoms with Crippen LogP contribution in [-0.2, 0) is 0 Å². The zero-order chi connectivity index (χ0) is 10.1. The van der Waals surface area contributed by atoms with Gasteiger partial charge >= 0.3 is 0 Å². The van der Waals surface area contributed by atoms with Crippen LogP contribution in [-0.4, -0.2) is 35.3 Å². The van der Waals surface area contributed by atoms with Gasteiger partial charge in [-0.1, -0.05) is 20.8 Å². The van der Waals surface area contributed by atoms with Gasteiger partial charge in [0.15, 0.2) is 0 Å². The number of rotatable bonds is 8. The molecule has 0 fully saturated rings. The predicted octanol–water partition coefficient (Wildman–Crippen LogP) is 1.88. The number of aliphatic hydroxyl groups excluding tert-OH is 1. The van der Waals surface area contributed by atoms with Crippen LogP contribution in [0.4, 0.5) is 0 Å². The monoisotopic (exact) mass is 205 g/mol. The Hall–Kier alpha value is 0.270. The molecule has 0 radical (unpaired) electrons. The first-order valence-electron chi connectivity index (χ1n) is 5.22. The minimum atomic E-state index is 0.291. The summed E-state index contributed by atoms with van der Waals surface area (Å²) < 4.78 is 0. The van der Waals surface area contributed by atoms with E-state index in [0.717, 1.165) is 12.3 Å². The number of hydrogen-bond acceptors (Lipinski definition) is 3. The lowest BCUT2D eigenvalue weighted by Gasteiger charge is -2.23. The molecular formula is C10H23NOS. The highest BCUT2D eigenvalue weighted by molar-refractivity contribution is 7.99. The second kappa shape index (κ2) is 8.85. The van der Waals surface area contributed by atoms with Gasteiger partial charge in [-0.05, 0) is 19.4 Å². The molecule has 0 amide bonds. The van der Waals surface area contributed by atoms with Crippen molar-refractivity contribution in [1.29, 1.82) is 0 Å². The molecule has 0 spiro atoms. The third kappa shape index (κ3) is 6.36. The average Bonchev–Trinajstić information content (AvgIpc) is 2.16. The van der Waals surface area contributed by atoms with Crippen LogP contribution in [0, 0.1) is 0 Å². The van der Waals surface area contributed by atoms with Crippen molar-refractivity contribution in [1.82, 2.24) is 5.32 Å². The van der Waals surface area contributed by atoms with Gasteiger partial charge in [0.05, 0.1) is 6.61 Å². The molecule has 0 aromatic carbocycles. The van der Waals surface area contributed by atoms with Gasteiger partial charge in [0.2, 0.25) is 0 Å². The molecule has 13 heavy (non-hydrogen) atoms. The van der Waals surface area contributed by atoms with Crippen molar-refractivity contribution in [2.45, 2.75) is 44.9 Å². The van der Waals surface area contributed by atoms with Gasteiger partial charge in [-0.2, -0.15) is 11.8 Å². The summed E-state index contributed by atoms with van der Waals surface area (Å²) >= 11 is 1.85. The van der Waals surface area contributed by atoms with E-state index in [4.69, 9.17) is 5.11 Å². The van der Waals surface area contributed by atoms with Gasteiger partial charge in [0.25, 0.3) is 0 Å². The van der Waals surface area contributed by atoms with Gasteiger partial charge in [-0.25, -0.2) is 0 Å². The molecule has 0 aromatic rings. The van der Waals surface area contributed by atoms with Crippen molar-refractivity contribution >= 4 is 11.8 Å². The van der Waals surface area contributed by atoms with E-state index in [1.165, 1.54) is 12.8 Å². The normalized spacial score (nSPS) is 15.7. The lowest BCUT2D eigenvalue weighted by molar-refractivity contribution is 0.322. The SMILES string of the molecule is CCCNC(CC)C(C)SCCO. The van der Waals surface area contributed by atoms with Crippen LogP contribution in [0.15, 0.2) is 0 Å². The van der Waals surface area contributed by atoms with Crippen LogP contribution >= 0.6 is 11.8 Å². The second-order valence-corrected chi connectivity index (χ2v) is 4.75. The molecule has 0 rings (SSSR count). The maximum atomic E-state index is 8.70. The zero-order valence-corrected chi connectivity index (χ0v) is 9.86. The first kappa shape index (κ1) is 13.3. The molecule has 2 atom stereocenters. The minimum absolute atomic E-state index is 0.291. The highest BCUT2D eigenvalue weighted by atomic mass is 32.2. The molecular weight excluding hydrogens is 182 g/mol. The average molecular weight is 205 g/mol. The summed E-state index contributed by atoms with van der Waals surface area (Å²) in [4.78, 5) is 0. The summed E-state index contributed by atoms with van der Waals surface area (Å²) in [5.41, 5.74) is 0. The maximum Gasteiger partial charge on any atom is 0.0521 e. The summed E-state index contributed by atoms with van der Waals surface area (Å²) in [7, 11) is 0. The Morgan fingerprint density at radius 2 is 2.08 bits per heavy atom. The topological polar surface area (TPSA) is 32.3 Å². The highest BCUT2D eigenvalue weighted by Crippen LogP contribution is 2.15. The number of nitrogens with one attached hydrogen (secondary N) is 1. The Kier molecular flexibility index (Phi) is 9.03. The molecule has 80 valence electrons. The van der Waals surface area contributed by atoms with Gasteiger partial charge in [-0.15, -0.1) is 0 Å². The van der Waals surface area contributed by atoms with Crippen LogP contribution in [0.3, 0.4) is 0 Å². The highest BCUT2D eigenvalue weighted by Gasteiger charge is 2.13. The van der Waals surface area contributed by atoms with E-state index >= 15 is 0 Å². The van der Waals surface area contributed by atoms with Crippen molar-refractivity contribution in [2.24, 2.45) is 0 Å². The molecule has 0 saturated carbocycles. The third-order valence-electron chi connectivity index (χ3n) is 2.14. The van der Waals surface area contributed by atoms with Crippen molar-refractivity contribution in [3.8, 4) is 0 Å². The molecule has 0 aliphatic rings. The van der Waals surface area contributed by atoms with Crippen LogP contribution in [0.2, 0.25) is 0 Å². The van der Waals surface area contributed by atoms with Crippen molar-refractivity contribution in [3.05, 3.63) is 0 Å². The standard InChI is InChI=1S/C10H23NOS/c1-4-6-11-10(5-2)9(3)13-8-7-12/h9-12H,4-8H2,1-3H3. The van der Waals surface area contributed by atoms with Crippen LogP contribution in [0.25, 0.3) is 0 Å². The molecule has 2 N–H and O–H groups in total. The van der Waals surface area contributed by atoms with Crippen molar-refractivity contribution in [3.63, 3.8) is 0 Å². The molecule has 3 heteroatoms. The van der Waals surface area contributed by atoms with Gasteiger partial charge in [0, 0.05) is 17.0 Å². The van der Waals surface area contributed by atoms with E-state index in [1.54, 1.807) is 0 Å². The largest absolute Gasteiger partial charge is 0.396 e. The lowest BCUT2D eigenvalue weighted by atomic mass is 10.1. The van der Waals surface area contributed by atoms with E-state index in [2.05, 4.69) is 26.1 Å². The van der Waals surface area contributed by atoms with Crippen molar-refractivity contribution < 1.29 is 5.11 Å². The maximum absolute atomic E-state index is 8.70. The predicted molar refractivity (Wildman–Crippen MR) is 61.4 cm³/mol. The number of hydrogen-bond donors (Lipinski definition) is 2. The number of aliphatic hydroxyl groups is 1. The third-order valence-corrected chi connectivity index (χ3v) is 3.41. The summed E-state index contributed by atoms with van der Waals surface area (Å²) in [6, 6.07) is 0.594. The second-order valence-electron chi connectivity index (χ2n) is 3.27. The summed E-state index contributed by atoms with van der Waals surface area (Å²) in [5, 5.41) is 12.8. The molecule has 2 unspecified atom stereocenters. The van der Waals surface area contributed by atoms with Gasteiger partial charge < -0.3 is 10.4 Å². The molecule has 2 nitrogen and oxygen atoms in total. The van der Waals surface area contributed by atoms with E-state index in [0.29, 0.717) is 17.9 Å². The Bertz CT molecular complexity index is 111. The van der Waals surface area contributed by atoms with Crippen LogP contribution in [0.5, 0.6) is 0 Å². The molecule has 0 aliphatic heterocycles. The Labute approximate surface area is 86.5 Å². The number of thioether (sulfide) groups is 1. The molecule has 0 bridgehead atoms. The van der Waals surface area contributed by atoms with Gasteiger partial charge in [0.1, 0.15) is 0 Å². The quantitative estimate of drug-likeness (QED) is 0.634. The zero-order valence-electron chi connectivity index (χ0n) is 9.05.